The summed E-state index contributed by atoms with van der Waals surface area (Å²) >= 11 is 1.23. The molecule has 2 amide bonds. The van der Waals surface area contributed by atoms with Gasteiger partial charge in [-0.1, -0.05) is 59.8 Å². The van der Waals surface area contributed by atoms with Crippen LogP contribution >= 0.6 is 11.8 Å². The average Bonchev–Trinajstić information content (AvgIpc) is 3.02. The predicted octanol–water partition coefficient (Wildman–Crippen LogP) is 3.95. The monoisotopic (exact) mass is 408 g/mol. The zero-order chi connectivity index (χ0) is 21.0. The van der Waals surface area contributed by atoms with E-state index in [1.54, 1.807) is 0 Å². The zero-order valence-corrected chi connectivity index (χ0v) is 17.8. The maximum Gasteiger partial charge on any atom is 0.240 e. The number of benzene rings is 2. The molecular weight excluding hydrogens is 384 g/mol. The second-order valence-electron chi connectivity index (χ2n) is 7.08. The number of anilines is 1. The molecule has 0 saturated carbocycles. The van der Waals surface area contributed by atoms with Gasteiger partial charge < -0.3 is 10.6 Å². The van der Waals surface area contributed by atoms with Gasteiger partial charge in [-0.2, -0.15) is 5.10 Å². The fraction of sp³-hybridized carbons (Fsp3) is 0.273. The minimum absolute atomic E-state index is 0.0731. The minimum Gasteiger partial charge on any atom is -0.326 e. The van der Waals surface area contributed by atoms with Crippen molar-refractivity contribution in [2.24, 2.45) is 10.2 Å². The Morgan fingerprint density at radius 2 is 1.79 bits per heavy atom. The van der Waals surface area contributed by atoms with Gasteiger partial charge in [0.05, 0.1) is 5.71 Å². The van der Waals surface area contributed by atoms with Gasteiger partial charge in [0.2, 0.25) is 11.8 Å². The number of nitrogens with zero attached hydrogens (tertiary/aromatic N) is 2. The summed E-state index contributed by atoms with van der Waals surface area (Å²) in [5, 5.41) is 13.8. The number of amides is 2. The van der Waals surface area contributed by atoms with Crippen molar-refractivity contribution in [3.8, 4) is 0 Å². The number of nitrogens with one attached hydrogen (secondary N) is 2. The van der Waals surface area contributed by atoms with E-state index in [9.17, 15) is 9.59 Å². The number of carbonyl (C=O) groups excluding carboxylic acids is 2. The largest absolute Gasteiger partial charge is 0.326 e. The first-order valence-electron chi connectivity index (χ1n) is 9.36. The summed E-state index contributed by atoms with van der Waals surface area (Å²) in [6.45, 7) is 7.81. The molecule has 0 bridgehead atoms. The molecule has 6 nitrogen and oxygen atoms in total. The van der Waals surface area contributed by atoms with Crippen LogP contribution in [-0.2, 0) is 9.59 Å². The zero-order valence-electron chi connectivity index (χ0n) is 16.9. The highest BCUT2D eigenvalue weighted by Crippen LogP contribution is 2.25. The van der Waals surface area contributed by atoms with Gasteiger partial charge in [-0.15, -0.1) is 5.10 Å². The highest BCUT2D eigenvalue weighted by atomic mass is 32.2. The van der Waals surface area contributed by atoms with Crippen molar-refractivity contribution in [2.45, 2.75) is 39.4 Å². The van der Waals surface area contributed by atoms with Crippen LogP contribution in [0.25, 0.3) is 0 Å². The lowest BCUT2D eigenvalue weighted by Crippen LogP contribution is -2.28. The molecule has 2 aromatic rings. The number of hydrogen-bond donors (Lipinski definition) is 2. The molecule has 1 unspecified atom stereocenters. The third-order valence-electron chi connectivity index (χ3n) is 4.57. The summed E-state index contributed by atoms with van der Waals surface area (Å²) in [6, 6.07) is 13.7. The highest BCUT2D eigenvalue weighted by Gasteiger charge is 2.32. The van der Waals surface area contributed by atoms with Gasteiger partial charge in [0, 0.05) is 12.1 Å². The Bertz CT molecular complexity index is 976. The van der Waals surface area contributed by atoms with Crippen molar-refractivity contribution in [2.75, 3.05) is 5.32 Å². The Kier molecular flexibility index (Phi) is 6.49. The number of amidine groups is 1. The highest BCUT2D eigenvalue weighted by molar-refractivity contribution is 8.15. The average molecular weight is 409 g/mol. The first kappa shape index (κ1) is 20.8. The third-order valence-corrected chi connectivity index (χ3v) is 5.64. The molecular formula is C22H24N4O2S. The fourth-order valence-corrected chi connectivity index (χ4v) is 4.10. The van der Waals surface area contributed by atoms with Gasteiger partial charge in [0.25, 0.3) is 0 Å². The molecule has 1 atom stereocenters. The van der Waals surface area contributed by atoms with Crippen LogP contribution in [0.15, 0.2) is 52.7 Å². The molecule has 2 aromatic carbocycles. The van der Waals surface area contributed by atoms with Crippen LogP contribution in [0, 0.1) is 20.8 Å². The van der Waals surface area contributed by atoms with Crippen LogP contribution in [0.2, 0.25) is 0 Å². The van der Waals surface area contributed by atoms with E-state index in [0.29, 0.717) is 5.17 Å². The lowest BCUT2D eigenvalue weighted by Gasteiger charge is -2.13. The van der Waals surface area contributed by atoms with E-state index < -0.39 is 5.25 Å². The van der Waals surface area contributed by atoms with Crippen molar-refractivity contribution in [3.63, 3.8) is 0 Å². The predicted molar refractivity (Wildman–Crippen MR) is 120 cm³/mol. The Morgan fingerprint density at radius 1 is 1.14 bits per heavy atom. The van der Waals surface area contributed by atoms with Crippen molar-refractivity contribution < 1.29 is 9.59 Å². The van der Waals surface area contributed by atoms with Crippen LogP contribution in [-0.4, -0.2) is 27.9 Å². The Morgan fingerprint density at radius 3 is 2.45 bits per heavy atom. The summed E-state index contributed by atoms with van der Waals surface area (Å²) in [5.41, 5.74) is 5.68. The van der Waals surface area contributed by atoms with Crippen molar-refractivity contribution in [1.29, 1.82) is 0 Å². The Hall–Kier alpha value is -2.93. The molecule has 2 N–H and O–H groups in total. The van der Waals surface area contributed by atoms with Gasteiger partial charge >= 0.3 is 0 Å². The molecule has 150 valence electrons. The van der Waals surface area contributed by atoms with Crippen molar-refractivity contribution in [1.82, 2.24) is 5.32 Å². The molecule has 1 fully saturated rings. The maximum absolute atomic E-state index is 12.5. The topological polar surface area (TPSA) is 82.9 Å². The van der Waals surface area contributed by atoms with Gasteiger partial charge in [-0.3, -0.25) is 9.59 Å². The molecule has 1 aliphatic rings. The maximum atomic E-state index is 12.5. The van der Waals surface area contributed by atoms with Gasteiger partial charge in [0.1, 0.15) is 5.25 Å². The molecule has 7 heteroatoms. The summed E-state index contributed by atoms with van der Waals surface area (Å²) < 4.78 is 0. The minimum atomic E-state index is -0.521. The number of rotatable bonds is 5. The van der Waals surface area contributed by atoms with E-state index in [1.807, 2.05) is 70.2 Å². The Labute approximate surface area is 174 Å². The fourth-order valence-electron chi connectivity index (χ4n) is 3.18. The van der Waals surface area contributed by atoms with Crippen LogP contribution in [0.1, 0.15) is 35.6 Å². The summed E-state index contributed by atoms with van der Waals surface area (Å²) in [6.07, 6.45) is 0.0731. The van der Waals surface area contributed by atoms with Crippen LogP contribution < -0.4 is 10.6 Å². The standard InChI is InChI=1S/C22H24N4O2S/c1-13-10-14(2)20(15(3)11-13)23-19(27)12-18-21(28)24-22(29-18)26-25-16(4)17-8-6-5-7-9-17/h5-11,18H,12H2,1-4H3,(H,23,27)(H,24,26,28). The second kappa shape index (κ2) is 9.05. The molecule has 0 spiro atoms. The summed E-state index contributed by atoms with van der Waals surface area (Å²) in [5.74, 6) is -0.424. The number of carbonyl (C=O) groups is 2. The molecule has 3 rings (SSSR count). The molecule has 0 radical (unpaired) electrons. The number of hydrogen-bond acceptors (Lipinski definition) is 5. The first-order chi connectivity index (χ1) is 13.8. The van der Waals surface area contributed by atoms with Crippen molar-refractivity contribution >= 4 is 40.1 Å². The summed E-state index contributed by atoms with van der Waals surface area (Å²) in [4.78, 5) is 24.7. The van der Waals surface area contributed by atoms with Gasteiger partial charge in [0.15, 0.2) is 5.17 Å². The lowest BCUT2D eigenvalue weighted by molar-refractivity contribution is -0.122. The smallest absolute Gasteiger partial charge is 0.240 e. The molecule has 29 heavy (non-hydrogen) atoms. The van der Waals surface area contributed by atoms with Crippen LogP contribution in [0.5, 0.6) is 0 Å². The number of thioether (sulfide) groups is 1. The van der Waals surface area contributed by atoms with Crippen molar-refractivity contribution in [3.05, 3.63) is 64.7 Å². The van der Waals surface area contributed by atoms with Gasteiger partial charge in [-0.05, 0) is 44.4 Å². The molecule has 0 aliphatic carbocycles. The quantitative estimate of drug-likeness (QED) is 0.580. The normalized spacial score (nSPS) is 18.1. The van der Waals surface area contributed by atoms with E-state index >= 15 is 0 Å². The molecule has 1 saturated heterocycles. The lowest BCUT2D eigenvalue weighted by atomic mass is 10.0. The SMILES string of the molecule is CC(=NN=C1NC(=O)C(CC(=O)Nc2c(C)cc(C)cc2C)S1)c1ccccc1. The molecule has 0 aromatic heterocycles. The van der Waals surface area contributed by atoms with Crippen LogP contribution in [0.4, 0.5) is 5.69 Å². The number of aryl methyl sites for hydroxylation is 3. The van der Waals surface area contributed by atoms with E-state index in [4.69, 9.17) is 0 Å². The first-order valence-corrected chi connectivity index (χ1v) is 10.2. The molecule has 1 aliphatic heterocycles. The van der Waals surface area contributed by atoms with E-state index in [1.165, 1.54) is 11.8 Å². The molecule has 1 heterocycles. The second-order valence-corrected chi connectivity index (χ2v) is 8.27. The van der Waals surface area contributed by atoms with E-state index in [2.05, 4.69) is 20.8 Å². The Balaban J connectivity index is 1.63. The van der Waals surface area contributed by atoms with Crippen LogP contribution in [0.3, 0.4) is 0 Å². The van der Waals surface area contributed by atoms with E-state index in [-0.39, 0.29) is 18.2 Å². The van der Waals surface area contributed by atoms with E-state index in [0.717, 1.165) is 33.7 Å². The summed E-state index contributed by atoms with van der Waals surface area (Å²) in [7, 11) is 0. The van der Waals surface area contributed by atoms with Gasteiger partial charge in [-0.25, -0.2) is 0 Å². The third kappa shape index (κ3) is 5.32.